The summed E-state index contributed by atoms with van der Waals surface area (Å²) in [5, 5.41) is 3.20. The van der Waals surface area contributed by atoms with Crippen LogP contribution >= 0.6 is 11.3 Å². The second-order valence-corrected chi connectivity index (χ2v) is 7.36. The van der Waals surface area contributed by atoms with E-state index in [0.717, 1.165) is 10.2 Å². The summed E-state index contributed by atoms with van der Waals surface area (Å²) in [6, 6.07) is 16.9. The Kier molecular flexibility index (Phi) is 6.44. The maximum absolute atomic E-state index is 12.5. The normalized spacial score (nSPS) is 10.6. The van der Waals surface area contributed by atoms with Crippen LogP contribution in [0.1, 0.15) is 10.5 Å². The molecule has 0 fully saturated rings. The first kappa shape index (κ1) is 20.4. The Morgan fingerprint density at radius 1 is 0.968 bits per heavy atom. The third-order valence-electron chi connectivity index (χ3n) is 4.16. The molecule has 0 saturated heterocycles. The Hall–Kier alpha value is -3.85. The van der Waals surface area contributed by atoms with E-state index in [-0.39, 0.29) is 12.2 Å². The van der Waals surface area contributed by atoms with Gasteiger partial charge in [0.05, 0.1) is 16.8 Å². The zero-order chi connectivity index (χ0) is 21.5. The van der Waals surface area contributed by atoms with Crippen LogP contribution in [0.2, 0.25) is 0 Å². The number of carbonyl (C=O) groups is 2. The molecule has 156 valence electrons. The molecule has 9 heteroatoms. The van der Waals surface area contributed by atoms with Crippen LogP contribution in [0.4, 0.5) is 0 Å². The van der Waals surface area contributed by atoms with E-state index in [0.29, 0.717) is 23.1 Å². The van der Waals surface area contributed by atoms with E-state index in [1.54, 1.807) is 0 Å². The molecule has 0 bridgehead atoms. The van der Waals surface area contributed by atoms with Crippen molar-refractivity contribution in [3.63, 3.8) is 0 Å². The van der Waals surface area contributed by atoms with Gasteiger partial charge in [-0.1, -0.05) is 30.3 Å². The number of nitrogens with zero attached hydrogens (tertiary/aromatic N) is 3. The highest BCUT2D eigenvalue weighted by molar-refractivity contribution is 7.21. The molecule has 1 N–H and O–H groups in total. The van der Waals surface area contributed by atoms with Crippen LogP contribution in [-0.4, -0.2) is 46.6 Å². The van der Waals surface area contributed by atoms with Crippen molar-refractivity contribution in [3.05, 3.63) is 72.7 Å². The lowest BCUT2D eigenvalue weighted by Crippen LogP contribution is -2.32. The summed E-state index contributed by atoms with van der Waals surface area (Å²) >= 11 is 1.40. The summed E-state index contributed by atoms with van der Waals surface area (Å²) in [5.74, 6) is -0.457. The highest BCUT2D eigenvalue weighted by Gasteiger charge is 2.20. The fourth-order valence-electron chi connectivity index (χ4n) is 2.74. The molecule has 4 aromatic rings. The lowest BCUT2D eigenvalue weighted by Gasteiger charge is -2.08. The van der Waals surface area contributed by atoms with E-state index < -0.39 is 18.5 Å². The molecule has 0 aliphatic carbocycles. The van der Waals surface area contributed by atoms with Crippen molar-refractivity contribution >= 4 is 33.4 Å². The first-order valence-corrected chi connectivity index (χ1v) is 10.3. The number of hydrogen-bond donors (Lipinski definition) is 1. The van der Waals surface area contributed by atoms with E-state index >= 15 is 0 Å². The minimum atomic E-state index is -0.738. The molecule has 0 spiro atoms. The molecule has 1 amide bonds. The number of rotatable bonds is 8. The van der Waals surface area contributed by atoms with Crippen molar-refractivity contribution in [2.45, 2.75) is 0 Å². The van der Waals surface area contributed by atoms with Crippen LogP contribution in [-0.2, 0) is 9.53 Å². The van der Waals surface area contributed by atoms with Gasteiger partial charge in [-0.05, 0) is 24.3 Å². The van der Waals surface area contributed by atoms with Gasteiger partial charge in [0.2, 0.25) is 0 Å². The van der Waals surface area contributed by atoms with Crippen LogP contribution < -0.4 is 10.1 Å². The van der Waals surface area contributed by atoms with E-state index in [2.05, 4.69) is 20.3 Å². The maximum Gasteiger partial charge on any atom is 0.359 e. The van der Waals surface area contributed by atoms with E-state index in [1.807, 2.05) is 54.6 Å². The third-order valence-corrected chi connectivity index (χ3v) is 5.20. The number of fused-ring (bicyclic) bond motifs is 1. The summed E-state index contributed by atoms with van der Waals surface area (Å²) in [6.07, 6.45) is 2.88. The topological polar surface area (TPSA) is 103 Å². The molecule has 0 aliphatic heterocycles. The molecule has 4 rings (SSSR count). The molecule has 2 heterocycles. The molecule has 31 heavy (non-hydrogen) atoms. The minimum absolute atomic E-state index is 0.0155. The van der Waals surface area contributed by atoms with Crippen molar-refractivity contribution in [2.75, 3.05) is 19.8 Å². The van der Waals surface area contributed by atoms with Crippen molar-refractivity contribution in [3.8, 4) is 16.5 Å². The fraction of sp³-hybridized carbons (Fsp3) is 0.136. The van der Waals surface area contributed by atoms with Crippen molar-refractivity contribution < 1.29 is 19.1 Å². The van der Waals surface area contributed by atoms with Gasteiger partial charge in [0, 0.05) is 12.4 Å². The second-order valence-electron chi connectivity index (χ2n) is 6.33. The number of thiazole rings is 1. The molecule has 0 saturated carbocycles. The number of para-hydroxylation sites is 2. The van der Waals surface area contributed by atoms with Gasteiger partial charge in [0.15, 0.2) is 12.3 Å². The van der Waals surface area contributed by atoms with Crippen molar-refractivity contribution in [1.29, 1.82) is 0 Å². The third kappa shape index (κ3) is 5.20. The quantitative estimate of drug-likeness (QED) is 0.336. The van der Waals surface area contributed by atoms with Gasteiger partial charge in [-0.2, -0.15) is 0 Å². The molecule has 0 unspecified atom stereocenters. The van der Waals surface area contributed by atoms with Gasteiger partial charge in [-0.3, -0.25) is 4.79 Å². The number of esters is 1. The molecule has 2 aromatic heterocycles. The van der Waals surface area contributed by atoms with Crippen LogP contribution in [0, 0.1) is 0 Å². The maximum atomic E-state index is 12.5. The van der Waals surface area contributed by atoms with Crippen LogP contribution in [0.5, 0.6) is 5.75 Å². The average molecular weight is 434 g/mol. The lowest BCUT2D eigenvalue weighted by molar-refractivity contribution is -0.124. The number of benzene rings is 2. The predicted molar refractivity (Wildman–Crippen MR) is 116 cm³/mol. The summed E-state index contributed by atoms with van der Waals surface area (Å²) in [4.78, 5) is 37.3. The number of carbonyl (C=O) groups excluding carboxylic acids is 2. The van der Waals surface area contributed by atoms with Crippen LogP contribution in [0.25, 0.3) is 20.9 Å². The molecule has 0 atom stereocenters. The summed E-state index contributed by atoms with van der Waals surface area (Å²) in [7, 11) is 0. The van der Waals surface area contributed by atoms with Gasteiger partial charge in [0.1, 0.15) is 23.1 Å². The zero-order valence-electron chi connectivity index (χ0n) is 16.4. The Morgan fingerprint density at radius 3 is 2.58 bits per heavy atom. The Bertz CT molecular complexity index is 1160. The highest BCUT2D eigenvalue weighted by atomic mass is 32.1. The number of ether oxygens (including phenoxy) is 2. The van der Waals surface area contributed by atoms with Gasteiger partial charge in [0.25, 0.3) is 5.91 Å². The van der Waals surface area contributed by atoms with Gasteiger partial charge < -0.3 is 14.8 Å². The first-order chi connectivity index (χ1) is 15.2. The molecule has 8 nitrogen and oxygen atoms in total. The van der Waals surface area contributed by atoms with Crippen molar-refractivity contribution in [2.24, 2.45) is 0 Å². The Morgan fingerprint density at radius 2 is 1.74 bits per heavy atom. The average Bonchev–Trinajstić information content (AvgIpc) is 3.25. The van der Waals surface area contributed by atoms with Gasteiger partial charge >= 0.3 is 5.97 Å². The van der Waals surface area contributed by atoms with E-state index in [9.17, 15) is 9.59 Å². The summed E-state index contributed by atoms with van der Waals surface area (Å²) in [6.45, 7) is 0.156. The highest BCUT2D eigenvalue weighted by Crippen LogP contribution is 2.30. The molecule has 0 aliphatic rings. The van der Waals surface area contributed by atoms with Crippen LogP contribution in [0.15, 0.2) is 67.0 Å². The number of amides is 1. The molecular weight excluding hydrogens is 416 g/mol. The van der Waals surface area contributed by atoms with Crippen molar-refractivity contribution in [1.82, 2.24) is 20.3 Å². The SMILES string of the molecule is O=C(COC(=O)c1nccnc1-c1nc2ccccc2s1)NCCOc1ccccc1. The zero-order valence-corrected chi connectivity index (χ0v) is 17.2. The van der Waals surface area contributed by atoms with E-state index in [4.69, 9.17) is 9.47 Å². The molecule has 2 aromatic carbocycles. The largest absolute Gasteiger partial charge is 0.492 e. The molecular formula is C22H18N4O4S. The Labute approximate surface area is 181 Å². The summed E-state index contributed by atoms with van der Waals surface area (Å²) < 4.78 is 11.6. The predicted octanol–water partition coefficient (Wildman–Crippen LogP) is 3.11. The fourth-order valence-corrected chi connectivity index (χ4v) is 3.71. The number of aromatic nitrogens is 3. The van der Waals surface area contributed by atoms with Gasteiger partial charge in [-0.25, -0.2) is 19.7 Å². The van der Waals surface area contributed by atoms with E-state index in [1.165, 1.54) is 23.7 Å². The van der Waals surface area contributed by atoms with Gasteiger partial charge in [-0.15, -0.1) is 11.3 Å². The molecule has 0 radical (unpaired) electrons. The second kappa shape index (κ2) is 9.77. The number of nitrogens with one attached hydrogen (secondary N) is 1. The monoisotopic (exact) mass is 434 g/mol. The number of hydrogen-bond acceptors (Lipinski definition) is 8. The van der Waals surface area contributed by atoms with Crippen LogP contribution in [0.3, 0.4) is 0 Å². The minimum Gasteiger partial charge on any atom is -0.492 e. The standard InChI is InChI=1S/C22H18N4O4S/c27-18(23-12-13-29-15-6-2-1-3-7-15)14-30-22(28)20-19(24-10-11-25-20)21-26-16-8-4-5-9-17(16)31-21/h1-11H,12-14H2,(H,23,27). The first-order valence-electron chi connectivity index (χ1n) is 9.49. The smallest absolute Gasteiger partial charge is 0.359 e. The summed E-state index contributed by atoms with van der Waals surface area (Å²) in [5.41, 5.74) is 1.15. The Balaban J connectivity index is 1.32. The lowest BCUT2D eigenvalue weighted by atomic mass is 10.3.